The maximum absolute atomic E-state index is 14.8. The summed E-state index contributed by atoms with van der Waals surface area (Å²) in [6, 6.07) is 3.09. The molecule has 0 saturated carbocycles. The number of fused-ring (bicyclic) bond motifs is 1. The lowest BCUT2D eigenvalue weighted by molar-refractivity contribution is -0.453. The number of alkyl halides is 15. The highest BCUT2D eigenvalue weighted by Gasteiger charge is 2.93. The molecule has 0 atom stereocenters. The summed E-state index contributed by atoms with van der Waals surface area (Å²) >= 11 is 0. The van der Waals surface area contributed by atoms with Crippen LogP contribution in [0.1, 0.15) is 25.0 Å². The second-order valence-electron chi connectivity index (χ2n) is 8.19. The molecule has 0 fully saturated rings. The third-order valence-electron chi connectivity index (χ3n) is 5.92. The van der Waals surface area contributed by atoms with E-state index in [1.54, 1.807) is 18.7 Å². The fourth-order valence-corrected chi connectivity index (χ4v) is 3.62. The molecule has 0 N–H and O–H groups in total. The molecule has 1 aromatic carbocycles. The van der Waals surface area contributed by atoms with Gasteiger partial charge in [0.2, 0.25) is 0 Å². The zero-order valence-corrected chi connectivity index (χ0v) is 19.6. The highest BCUT2D eigenvalue weighted by Crippen LogP contribution is 2.63. The van der Waals surface area contributed by atoms with Gasteiger partial charge in [0, 0.05) is 30.2 Å². The van der Waals surface area contributed by atoms with E-state index in [4.69, 9.17) is 0 Å². The lowest BCUT2D eigenvalue weighted by Crippen LogP contribution is -2.72. The molecule has 0 saturated heterocycles. The van der Waals surface area contributed by atoms with Crippen LogP contribution in [-0.2, 0) is 5.92 Å². The summed E-state index contributed by atoms with van der Waals surface area (Å²) in [4.78, 5) is 13.8. The number of hydrogen-bond acceptors (Lipinski definition) is 3. The van der Waals surface area contributed by atoms with E-state index < -0.39 is 69.4 Å². The van der Waals surface area contributed by atoms with Crippen LogP contribution in [0.5, 0.6) is 0 Å². The zero-order chi connectivity index (χ0) is 30.8. The predicted octanol–water partition coefficient (Wildman–Crippen LogP) is 7.78. The quantitative estimate of drug-likeness (QED) is 0.218. The van der Waals surface area contributed by atoms with Crippen LogP contribution in [0.25, 0.3) is 11.0 Å². The molecule has 0 spiro atoms. The summed E-state index contributed by atoms with van der Waals surface area (Å²) in [5, 5.41) is -0.639. The molecular formula is C21H16F15NO2. The van der Waals surface area contributed by atoms with Crippen LogP contribution in [0.15, 0.2) is 27.4 Å². The zero-order valence-electron chi connectivity index (χ0n) is 19.6. The van der Waals surface area contributed by atoms with Crippen molar-refractivity contribution in [2.24, 2.45) is 0 Å². The second kappa shape index (κ2) is 9.38. The van der Waals surface area contributed by atoms with Crippen molar-refractivity contribution < 1.29 is 70.3 Å². The molecule has 0 radical (unpaired) electrons. The average Bonchev–Trinajstić information content (AvgIpc) is 2.78. The topological polar surface area (TPSA) is 33.5 Å². The molecule has 39 heavy (non-hydrogen) atoms. The first-order valence-electron chi connectivity index (χ1n) is 10.5. The Balaban J connectivity index is 2.78. The second-order valence-corrected chi connectivity index (χ2v) is 8.19. The molecule has 1 aromatic heterocycles. The first-order valence-corrected chi connectivity index (χ1v) is 10.5. The monoisotopic (exact) mass is 599 g/mol. The van der Waals surface area contributed by atoms with Crippen LogP contribution >= 0.6 is 0 Å². The van der Waals surface area contributed by atoms with Crippen LogP contribution < -0.4 is 10.5 Å². The van der Waals surface area contributed by atoms with E-state index in [2.05, 4.69) is 4.42 Å². The molecule has 2 aromatic rings. The minimum atomic E-state index is -8.45. The molecule has 222 valence electrons. The van der Waals surface area contributed by atoms with Gasteiger partial charge >= 0.3 is 47.3 Å². The average molecular weight is 599 g/mol. The van der Waals surface area contributed by atoms with E-state index in [0.29, 0.717) is 25.7 Å². The Hall–Kier alpha value is -2.82. The summed E-state index contributed by atoms with van der Waals surface area (Å²) in [5.74, 6) is -47.9. The van der Waals surface area contributed by atoms with Crippen LogP contribution in [0, 0.1) is 6.92 Å². The first kappa shape index (κ1) is 32.4. The highest BCUT2D eigenvalue weighted by atomic mass is 19.4. The number of rotatable bonds is 9. The van der Waals surface area contributed by atoms with Crippen LogP contribution in [0.3, 0.4) is 0 Å². The summed E-state index contributed by atoms with van der Waals surface area (Å²) in [6.45, 7) is 4.50. The number of benzene rings is 1. The van der Waals surface area contributed by atoms with Crippen molar-refractivity contribution in [3.8, 4) is 0 Å². The van der Waals surface area contributed by atoms with E-state index >= 15 is 0 Å². The van der Waals surface area contributed by atoms with Crippen molar-refractivity contribution in [2.75, 3.05) is 18.0 Å². The Bertz CT molecular complexity index is 1280. The van der Waals surface area contributed by atoms with Crippen molar-refractivity contribution in [3.63, 3.8) is 0 Å². The smallest absolute Gasteiger partial charge is 0.422 e. The Kier molecular flexibility index (Phi) is 7.79. The van der Waals surface area contributed by atoms with Gasteiger partial charge in [0.05, 0.1) is 0 Å². The lowest BCUT2D eigenvalue weighted by atomic mass is 9.87. The molecule has 0 unspecified atom stereocenters. The van der Waals surface area contributed by atoms with Gasteiger partial charge in [0.25, 0.3) is 0 Å². The number of aryl methyl sites for hydroxylation is 1. The number of anilines is 1. The summed E-state index contributed by atoms with van der Waals surface area (Å²) in [6.07, 6.45) is -7.70. The van der Waals surface area contributed by atoms with Gasteiger partial charge < -0.3 is 9.32 Å². The molecular weight excluding hydrogens is 583 g/mol. The van der Waals surface area contributed by atoms with Gasteiger partial charge in [-0.15, -0.1) is 0 Å². The molecule has 18 heteroatoms. The van der Waals surface area contributed by atoms with E-state index in [1.807, 2.05) is 0 Å². The summed E-state index contributed by atoms with van der Waals surface area (Å²) in [7, 11) is 0. The Morgan fingerprint density at radius 2 is 1.13 bits per heavy atom. The largest absolute Gasteiger partial charge is 0.460 e. The van der Waals surface area contributed by atoms with Crippen molar-refractivity contribution >= 4 is 16.7 Å². The maximum Gasteiger partial charge on any atom is 0.460 e. The minimum Gasteiger partial charge on any atom is -0.422 e. The van der Waals surface area contributed by atoms with Gasteiger partial charge in [0.15, 0.2) is 0 Å². The van der Waals surface area contributed by atoms with E-state index in [0.717, 1.165) is 12.1 Å². The molecule has 2 rings (SSSR count). The molecule has 0 aliphatic heterocycles. The fourth-order valence-electron chi connectivity index (χ4n) is 3.62. The maximum atomic E-state index is 14.8. The van der Waals surface area contributed by atoms with E-state index in [1.165, 1.54) is 6.07 Å². The van der Waals surface area contributed by atoms with Gasteiger partial charge in [-0.3, -0.25) is 0 Å². The summed E-state index contributed by atoms with van der Waals surface area (Å²) in [5.41, 5.74) is -6.87. The molecule has 0 amide bonds. The normalized spacial score (nSPS) is 14.7. The van der Waals surface area contributed by atoms with Crippen molar-refractivity contribution in [2.45, 2.75) is 62.5 Å². The van der Waals surface area contributed by atoms with Crippen LogP contribution in [0.4, 0.5) is 71.5 Å². The SMILES string of the molecule is CCN(CC)c1ccc2c(C)c(C(F)(F)C(F)(F)C(F)(F)C(F)(F)C(F)(F)C(F)(F)C(F)(F)F)c(=O)oc2c1. The number of hydrogen-bond donors (Lipinski definition) is 0. The first-order chi connectivity index (χ1) is 17.3. The van der Waals surface area contributed by atoms with Gasteiger partial charge in [-0.05, 0) is 38.5 Å². The summed E-state index contributed by atoms with van der Waals surface area (Å²) < 4.78 is 208. The molecule has 0 aliphatic rings. The van der Waals surface area contributed by atoms with Crippen molar-refractivity contribution in [1.29, 1.82) is 0 Å². The molecule has 0 bridgehead atoms. The van der Waals surface area contributed by atoms with Crippen LogP contribution in [0.2, 0.25) is 0 Å². The predicted molar refractivity (Wildman–Crippen MR) is 105 cm³/mol. The molecule has 1 heterocycles. The highest BCUT2D eigenvalue weighted by molar-refractivity contribution is 5.84. The van der Waals surface area contributed by atoms with Crippen molar-refractivity contribution in [3.05, 3.63) is 39.7 Å². The third kappa shape index (κ3) is 4.37. The lowest BCUT2D eigenvalue weighted by Gasteiger charge is -2.41. The van der Waals surface area contributed by atoms with Gasteiger partial charge in [0.1, 0.15) is 11.1 Å². The van der Waals surface area contributed by atoms with Crippen LogP contribution in [-0.4, -0.2) is 48.9 Å². The standard InChI is InChI=1S/C21H16F15NO2/c1-4-37(5-2)10-6-7-11-9(3)13(14(38)39-12(11)8-10)15(22,23)16(24,25)17(26,27)18(28,29)19(30,31)20(32,33)21(34,35)36/h6-8H,4-5H2,1-3H3. The van der Waals surface area contributed by atoms with Gasteiger partial charge in [-0.2, -0.15) is 65.9 Å². The van der Waals surface area contributed by atoms with Gasteiger partial charge in [-0.1, -0.05) is 0 Å². The number of halogens is 15. The van der Waals surface area contributed by atoms with Crippen molar-refractivity contribution in [1.82, 2.24) is 0 Å². The molecule has 3 nitrogen and oxygen atoms in total. The number of nitrogens with zero attached hydrogens (tertiary/aromatic N) is 1. The third-order valence-corrected chi connectivity index (χ3v) is 5.92. The van der Waals surface area contributed by atoms with Gasteiger partial charge in [-0.25, -0.2) is 4.79 Å². The van der Waals surface area contributed by atoms with E-state index in [9.17, 15) is 70.7 Å². The Labute approximate surface area is 208 Å². The van der Waals surface area contributed by atoms with E-state index in [-0.39, 0.29) is 0 Å². The Morgan fingerprint density at radius 1 is 0.692 bits per heavy atom. The Morgan fingerprint density at radius 3 is 1.56 bits per heavy atom. The molecule has 0 aliphatic carbocycles. The fraction of sp³-hybridized carbons (Fsp3) is 0.571. The minimum absolute atomic E-state index is 0.291.